The van der Waals surface area contributed by atoms with Crippen LogP contribution in [0.1, 0.15) is 52.5 Å². The maximum absolute atomic E-state index is 4.49. The van der Waals surface area contributed by atoms with Gasteiger partial charge in [0.15, 0.2) is 0 Å². The van der Waals surface area contributed by atoms with E-state index in [-0.39, 0.29) is 5.41 Å². The van der Waals surface area contributed by atoms with Gasteiger partial charge >= 0.3 is 0 Å². The van der Waals surface area contributed by atoms with E-state index in [1.54, 1.807) is 0 Å². The van der Waals surface area contributed by atoms with E-state index >= 15 is 0 Å². The molecule has 0 fully saturated rings. The highest BCUT2D eigenvalue weighted by molar-refractivity contribution is 5.73. The van der Waals surface area contributed by atoms with Crippen LogP contribution in [0, 0.1) is 5.41 Å². The lowest BCUT2D eigenvalue weighted by atomic mass is 9.77. The van der Waals surface area contributed by atoms with E-state index in [9.17, 15) is 0 Å². The van der Waals surface area contributed by atoms with Crippen LogP contribution in [-0.4, -0.2) is 29.1 Å². The normalized spacial score (nSPS) is 14.7. The van der Waals surface area contributed by atoms with E-state index in [2.05, 4.69) is 61.4 Å². The summed E-state index contributed by atoms with van der Waals surface area (Å²) >= 11 is 0. The first kappa shape index (κ1) is 18.8. The van der Waals surface area contributed by atoms with Crippen LogP contribution in [0.25, 0.3) is 11.0 Å². The molecule has 0 aliphatic rings. The van der Waals surface area contributed by atoms with Gasteiger partial charge in [0.05, 0.1) is 11.0 Å². The zero-order valence-corrected chi connectivity index (χ0v) is 15.8. The van der Waals surface area contributed by atoms with Crippen molar-refractivity contribution in [1.29, 1.82) is 0 Å². The molecular formula is C20H32N4. The minimum absolute atomic E-state index is 0.264. The molecule has 132 valence electrons. The largest absolute Gasteiger partial charge is 0.316 e. The van der Waals surface area contributed by atoms with E-state index in [0.29, 0.717) is 12.1 Å². The Kier molecular flexibility index (Phi) is 6.69. The zero-order chi connectivity index (χ0) is 17.6. The molecule has 0 bridgehead atoms. The molecule has 0 radical (unpaired) electrons. The lowest BCUT2D eigenvalue weighted by molar-refractivity contribution is 0.197. The van der Waals surface area contributed by atoms with E-state index < -0.39 is 0 Å². The summed E-state index contributed by atoms with van der Waals surface area (Å²) < 4.78 is 0. The van der Waals surface area contributed by atoms with Gasteiger partial charge in [-0.05, 0) is 56.0 Å². The number of nitrogens with one attached hydrogen (secondary N) is 2. The van der Waals surface area contributed by atoms with E-state index in [1.807, 2.05) is 24.5 Å². The van der Waals surface area contributed by atoms with Gasteiger partial charge in [-0.15, -0.1) is 0 Å². The number of aromatic nitrogens is 2. The van der Waals surface area contributed by atoms with Crippen LogP contribution < -0.4 is 10.6 Å². The molecule has 2 rings (SSSR count). The minimum atomic E-state index is 0.264. The van der Waals surface area contributed by atoms with Crippen LogP contribution in [0.5, 0.6) is 0 Å². The maximum atomic E-state index is 4.49. The molecule has 0 amide bonds. The van der Waals surface area contributed by atoms with Crippen LogP contribution in [0.3, 0.4) is 0 Å². The van der Waals surface area contributed by atoms with Crippen LogP contribution in [0.4, 0.5) is 0 Å². The summed E-state index contributed by atoms with van der Waals surface area (Å²) in [4.78, 5) is 8.87. The van der Waals surface area contributed by atoms with Crippen molar-refractivity contribution >= 4 is 11.0 Å². The molecule has 4 nitrogen and oxygen atoms in total. The standard InChI is InChI=1S/C20H32N4/c1-6-8-19(21-5)20(3,4)12-15(2)23-13-16-11-18-17(24-14-16)9-7-10-22-18/h7,9-11,14-15,19,21,23H,6,8,12-13H2,1-5H3/t15?,19-/m1/s1. The molecule has 2 aromatic heterocycles. The van der Waals surface area contributed by atoms with Gasteiger partial charge in [0.1, 0.15) is 0 Å². The Morgan fingerprint density at radius 1 is 1.21 bits per heavy atom. The summed E-state index contributed by atoms with van der Waals surface area (Å²) in [5, 5.41) is 7.14. The third-order valence-corrected chi connectivity index (χ3v) is 4.86. The Bertz CT molecular complexity index is 638. The van der Waals surface area contributed by atoms with Crippen LogP contribution in [-0.2, 0) is 6.54 Å². The summed E-state index contributed by atoms with van der Waals surface area (Å²) in [7, 11) is 2.08. The number of hydrogen-bond donors (Lipinski definition) is 2. The highest BCUT2D eigenvalue weighted by atomic mass is 14.9. The minimum Gasteiger partial charge on any atom is -0.316 e. The predicted octanol–water partition coefficient (Wildman–Crippen LogP) is 3.91. The van der Waals surface area contributed by atoms with Crippen molar-refractivity contribution in [3.8, 4) is 0 Å². The van der Waals surface area contributed by atoms with Gasteiger partial charge in [0.25, 0.3) is 0 Å². The van der Waals surface area contributed by atoms with Crippen molar-refractivity contribution in [2.24, 2.45) is 5.41 Å². The Labute approximate surface area is 146 Å². The van der Waals surface area contributed by atoms with Crippen LogP contribution in [0.2, 0.25) is 0 Å². The molecule has 2 atom stereocenters. The number of hydrogen-bond acceptors (Lipinski definition) is 4. The van der Waals surface area contributed by atoms with Crippen molar-refractivity contribution in [3.05, 3.63) is 36.2 Å². The molecular weight excluding hydrogens is 296 g/mol. The monoisotopic (exact) mass is 328 g/mol. The molecule has 1 unspecified atom stereocenters. The van der Waals surface area contributed by atoms with Gasteiger partial charge in [-0.1, -0.05) is 27.2 Å². The molecule has 2 heterocycles. The zero-order valence-electron chi connectivity index (χ0n) is 15.8. The molecule has 0 saturated heterocycles. The third kappa shape index (κ3) is 4.99. The van der Waals surface area contributed by atoms with Crippen molar-refractivity contribution in [2.45, 2.75) is 65.6 Å². The fraction of sp³-hybridized carbons (Fsp3) is 0.600. The molecule has 0 saturated carbocycles. The SMILES string of the molecule is CCC[C@@H](NC)C(C)(C)CC(C)NCc1cnc2cccnc2c1. The fourth-order valence-corrected chi connectivity index (χ4v) is 3.60. The second kappa shape index (κ2) is 8.54. The number of rotatable bonds is 9. The maximum Gasteiger partial charge on any atom is 0.0889 e. The van der Waals surface area contributed by atoms with E-state index in [1.165, 1.54) is 18.4 Å². The van der Waals surface area contributed by atoms with Gasteiger partial charge < -0.3 is 10.6 Å². The number of pyridine rings is 2. The number of nitrogens with zero attached hydrogens (tertiary/aromatic N) is 2. The first-order valence-corrected chi connectivity index (χ1v) is 9.06. The Morgan fingerprint density at radius 2 is 2.00 bits per heavy atom. The average molecular weight is 329 g/mol. The molecule has 2 aromatic rings. The molecule has 0 aromatic carbocycles. The molecule has 0 spiro atoms. The summed E-state index contributed by atoms with van der Waals surface area (Å²) in [6.45, 7) is 10.1. The van der Waals surface area contributed by atoms with Crippen molar-refractivity contribution < 1.29 is 0 Å². The second-order valence-electron chi connectivity index (χ2n) is 7.49. The summed E-state index contributed by atoms with van der Waals surface area (Å²) in [6.07, 6.45) is 7.33. The molecule has 2 N–H and O–H groups in total. The summed E-state index contributed by atoms with van der Waals surface area (Å²) in [6, 6.07) is 7.05. The predicted molar refractivity (Wildman–Crippen MR) is 102 cm³/mol. The Balaban J connectivity index is 1.92. The van der Waals surface area contributed by atoms with Gasteiger partial charge in [-0.25, -0.2) is 0 Å². The average Bonchev–Trinajstić information content (AvgIpc) is 2.57. The van der Waals surface area contributed by atoms with Crippen LogP contribution >= 0.6 is 0 Å². The van der Waals surface area contributed by atoms with Crippen LogP contribution in [0.15, 0.2) is 30.6 Å². The number of fused-ring (bicyclic) bond motifs is 1. The van der Waals surface area contributed by atoms with E-state index in [4.69, 9.17) is 0 Å². The first-order chi connectivity index (χ1) is 11.5. The highest BCUT2D eigenvalue weighted by Gasteiger charge is 2.29. The Morgan fingerprint density at radius 3 is 2.71 bits per heavy atom. The van der Waals surface area contributed by atoms with Gasteiger partial charge in [0, 0.05) is 31.0 Å². The van der Waals surface area contributed by atoms with E-state index in [0.717, 1.165) is 24.0 Å². The molecule has 24 heavy (non-hydrogen) atoms. The lowest BCUT2D eigenvalue weighted by Crippen LogP contribution is -2.43. The third-order valence-electron chi connectivity index (χ3n) is 4.86. The topological polar surface area (TPSA) is 49.8 Å². The fourth-order valence-electron chi connectivity index (χ4n) is 3.60. The van der Waals surface area contributed by atoms with Crippen molar-refractivity contribution in [1.82, 2.24) is 20.6 Å². The first-order valence-electron chi connectivity index (χ1n) is 9.06. The summed E-state index contributed by atoms with van der Waals surface area (Å²) in [5.41, 5.74) is 3.36. The summed E-state index contributed by atoms with van der Waals surface area (Å²) in [5.74, 6) is 0. The smallest absolute Gasteiger partial charge is 0.0889 e. The highest BCUT2D eigenvalue weighted by Crippen LogP contribution is 2.29. The van der Waals surface area contributed by atoms with Gasteiger partial charge in [-0.2, -0.15) is 0 Å². The molecule has 0 aliphatic carbocycles. The molecule has 0 aliphatic heterocycles. The van der Waals surface area contributed by atoms with Gasteiger partial charge in [-0.3, -0.25) is 9.97 Å². The Hall–Kier alpha value is -1.52. The van der Waals surface area contributed by atoms with Gasteiger partial charge in [0.2, 0.25) is 0 Å². The quantitative estimate of drug-likeness (QED) is 0.733. The van der Waals surface area contributed by atoms with Crippen molar-refractivity contribution in [2.75, 3.05) is 7.05 Å². The second-order valence-corrected chi connectivity index (χ2v) is 7.49. The molecule has 4 heteroatoms. The lowest BCUT2D eigenvalue weighted by Gasteiger charge is -2.36. The van der Waals surface area contributed by atoms with Crippen molar-refractivity contribution in [3.63, 3.8) is 0 Å².